The molecule has 0 atom stereocenters. The number of benzene rings is 3. The Labute approximate surface area is 142 Å². The molecule has 0 amide bonds. The molecular weight excluding hydrogens is 292 g/mol. The number of para-hydroxylation sites is 4. The minimum Gasteiger partial charge on any atom is -0.322 e. The Morgan fingerprint density at radius 2 is 1.00 bits per heavy atom. The van der Waals surface area contributed by atoms with E-state index in [1.165, 1.54) is 0 Å². The molecule has 1 heterocycles. The molecule has 0 saturated heterocycles. The zero-order chi connectivity index (χ0) is 16.2. The van der Waals surface area contributed by atoms with Crippen molar-refractivity contribution in [1.82, 2.24) is 4.57 Å². The van der Waals surface area contributed by atoms with Crippen LogP contribution in [-0.2, 0) is 0 Å². The van der Waals surface area contributed by atoms with E-state index in [1.54, 1.807) is 0 Å². The van der Waals surface area contributed by atoms with Gasteiger partial charge in [0.05, 0.1) is 11.4 Å². The molecule has 3 aromatic carbocycles. The molecule has 1 aromatic heterocycles. The Morgan fingerprint density at radius 3 is 1.58 bits per heavy atom. The van der Waals surface area contributed by atoms with Crippen molar-refractivity contribution in [1.29, 1.82) is 0 Å². The van der Waals surface area contributed by atoms with Crippen LogP contribution in [0.1, 0.15) is 0 Å². The van der Waals surface area contributed by atoms with E-state index in [9.17, 15) is 0 Å². The summed E-state index contributed by atoms with van der Waals surface area (Å²) in [4.78, 5) is 2.29. The molecule has 0 aliphatic heterocycles. The van der Waals surface area contributed by atoms with Gasteiger partial charge in [-0.05, 0) is 48.5 Å². The highest BCUT2D eigenvalue weighted by molar-refractivity contribution is 5.81. The molecule has 4 rings (SSSR count). The number of anilines is 3. The van der Waals surface area contributed by atoms with Crippen LogP contribution in [0.5, 0.6) is 0 Å². The third-order valence-electron chi connectivity index (χ3n) is 4.03. The molecule has 0 unspecified atom stereocenters. The number of hydrogen-bond acceptors (Lipinski definition) is 1. The lowest BCUT2D eigenvalue weighted by Gasteiger charge is -2.27. The molecule has 116 valence electrons. The molecule has 0 aliphatic carbocycles. The van der Waals surface area contributed by atoms with Crippen molar-refractivity contribution in [3.05, 3.63) is 109 Å². The van der Waals surface area contributed by atoms with E-state index < -0.39 is 0 Å². The van der Waals surface area contributed by atoms with Crippen molar-refractivity contribution >= 4 is 17.1 Å². The van der Waals surface area contributed by atoms with Gasteiger partial charge in [0.1, 0.15) is 0 Å². The summed E-state index contributed by atoms with van der Waals surface area (Å²) in [6.07, 6.45) is 4.15. The van der Waals surface area contributed by atoms with Gasteiger partial charge in [0.15, 0.2) is 0 Å². The molecule has 0 bridgehead atoms. The summed E-state index contributed by atoms with van der Waals surface area (Å²) in [5.41, 5.74) is 4.58. The molecule has 0 aliphatic rings. The number of rotatable bonds is 4. The molecule has 0 spiro atoms. The van der Waals surface area contributed by atoms with E-state index in [1.807, 2.05) is 24.3 Å². The standard InChI is InChI=1S/C22H18N2/c1-3-11-19(12-4-1)24(20-13-5-2-6-14-20)22-16-8-7-15-21(22)23-17-9-10-18-23/h1-18H. The zero-order valence-corrected chi connectivity index (χ0v) is 13.3. The summed E-state index contributed by atoms with van der Waals surface area (Å²) < 4.78 is 2.15. The van der Waals surface area contributed by atoms with Gasteiger partial charge in [0.25, 0.3) is 0 Å². The van der Waals surface area contributed by atoms with E-state index in [-0.39, 0.29) is 0 Å². The summed E-state index contributed by atoms with van der Waals surface area (Å²) in [7, 11) is 0. The van der Waals surface area contributed by atoms with Crippen LogP contribution in [0.3, 0.4) is 0 Å². The first kappa shape index (κ1) is 14.3. The van der Waals surface area contributed by atoms with Crippen molar-refractivity contribution < 1.29 is 0 Å². The monoisotopic (exact) mass is 310 g/mol. The molecule has 0 N–H and O–H groups in total. The van der Waals surface area contributed by atoms with Crippen molar-refractivity contribution in [3.8, 4) is 5.69 Å². The van der Waals surface area contributed by atoms with Crippen LogP contribution in [0.25, 0.3) is 5.69 Å². The number of aromatic nitrogens is 1. The van der Waals surface area contributed by atoms with Gasteiger partial charge in [-0.25, -0.2) is 0 Å². The Kier molecular flexibility index (Phi) is 3.86. The van der Waals surface area contributed by atoms with Crippen LogP contribution in [0.15, 0.2) is 109 Å². The summed E-state index contributed by atoms with van der Waals surface area (Å²) in [5.74, 6) is 0. The van der Waals surface area contributed by atoms with Crippen LogP contribution in [-0.4, -0.2) is 4.57 Å². The van der Waals surface area contributed by atoms with Crippen molar-refractivity contribution in [2.24, 2.45) is 0 Å². The molecule has 2 heteroatoms. The van der Waals surface area contributed by atoms with Crippen LogP contribution in [0.4, 0.5) is 17.1 Å². The average Bonchev–Trinajstić information content (AvgIpc) is 3.19. The molecular formula is C22H18N2. The van der Waals surface area contributed by atoms with Gasteiger partial charge in [0, 0.05) is 23.8 Å². The first-order chi connectivity index (χ1) is 11.9. The summed E-state index contributed by atoms with van der Waals surface area (Å²) in [6.45, 7) is 0. The Balaban J connectivity index is 1.93. The van der Waals surface area contributed by atoms with Gasteiger partial charge in [-0.15, -0.1) is 0 Å². The Hall–Kier alpha value is -3.26. The molecule has 2 nitrogen and oxygen atoms in total. The SMILES string of the molecule is c1ccc(N(c2ccccc2)c2ccccc2-n2cccc2)cc1. The first-order valence-electron chi connectivity index (χ1n) is 8.06. The number of hydrogen-bond donors (Lipinski definition) is 0. The maximum absolute atomic E-state index is 2.29. The molecule has 0 saturated carbocycles. The highest BCUT2D eigenvalue weighted by Gasteiger charge is 2.15. The second-order valence-electron chi connectivity index (χ2n) is 5.59. The minimum absolute atomic E-state index is 1.14. The van der Waals surface area contributed by atoms with E-state index in [0.29, 0.717) is 0 Å². The normalized spacial score (nSPS) is 10.5. The van der Waals surface area contributed by atoms with Crippen molar-refractivity contribution in [2.45, 2.75) is 0 Å². The smallest absolute Gasteiger partial charge is 0.0702 e. The fourth-order valence-corrected chi connectivity index (χ4v) is 2.95. The first-order valence-corrected chi connectivity index (χ1v) is 8.06. The van der Waals surface area contributed by atoms with Crippen molar-refractivity contribution in [2.75, 3.05) is 4.90 Å². The van der Waals surface area contributed by atoms with Gasteiger partial charge in [0.2, 0.25) is 0 Å². The highest BCUT2D eigenvalue weighted by atomic mass is 15.2. The lowest BCUT2D eigenvalue weighted by Crippen LogP contribution is -2.12. The largest absolute Gasteiger partial charge is 0.322 e. The van der Waals surface area contributed by atoms with Gasteiger partial charge in [-0.2, -0.15) is 0 Å². The second kappa shape index (κ2) is 6.47. The molecule has 0 radical (unpaired) electrons. The second-order valence-corrected chi connectivity index (χ2v) is 5.59. The van der Waals surface area contributed by atoms with E-state index >= 15 is 0 Å². The minimum atomic E-state index is 1.14. The fraction of sp³-hybridized carbons (Fsp3) is 0. The molecule has 4 aromatic rings. The maximum Gasteiger partial charge on any atom is 0.0702 e. The van der Waals surface area contributed by atoms with Crippen molar-refractivity contribution in [3.63, 3.8) is 0 Å². The topological polar surface area (TPSA) is 8.17 Å². The third-order valence-corrected chi connectivity index (χ3v) is 4.03. The lowest BCUT2D eigenvalue weighted by atomic mass is 10.1. The predicted molar refractivity (Wildman–Crippen MR) is 100 cm³/mol. The van der Waals surface area contributed by atoms with Crippen LogP contribution >= 0.6 is 0 Å². The molecule has 24 heavy (non-hydrogen) atoms. The van der Waals surface area contributed by atoms with Crippen LogP contribution < -0.4 is 4.90 Å². The van der Waals surface area contributed by atoms with Crippen LogP contribution in [0.2, 0.25) is 0 Å². The lowest BCUT2D eigenvalue weighted by molar-refractivity contribution is 1.07. The Bertz CT molecular complexity index is 858. The summed E-state index contributed by atoms with van der Waals surface area (Å²) >= 11 is 0. The predicted octanol–water partition coefficient (Wildman–Crippen LogP) is 5.95. The van der Waals surface area contributed by atoms with Gasteiger partial charge >= 0.3 is 0 Å². The summed E-state index contributed by atoms with van der Waals surface area (Å²) in [6, 6.07) is 33.5. The van der Waals surface area contributed by atoms with Gasteiger partial charge in [-0.3, -0.25) is 0 Å². The quantitative estimate of drug-likeness (QED) is 0.452. The maximum atomic E-state index is 2.29. The van der Waals surface area contributed by atoms with E-state index in [4.69, 9.17) is 0 Å². The van der Waals surface area contributed by atoms with E-state index in [0.717, 1.165) is 22.7 Å². The fourth-order valence-electron chi connectivity index (χ4n) is 2.95. The highest BCUT2D eigenvalue weighted by Crippen LogP contribution is 2.37. The average molecular weight is 310 g/mol. The third kappa shape index (κ3) is 2.70. The summed E-state index contributed by atoms with van der Waals surface area (Å²) in [5, 5.41) is 0. The van der Waals surface area contributed by atoms with Crippen LogP contribution in [0, 0.1) is 0 Å². The zero-order valence-electron chi connectivity index (χ0n) is 13.3. The van der Waals surface area contributed by atoms with Gasteiger partial charge in [-0.1, -0.05) is 48.5 Å². The molecule has 0 fully saturated rings. The van der Waals surface area contributed by atoms with E-state index in [2.05, 4.69) is 94.7 Å². The Morgan fingerprint density at radius 1 is 0.500 bits per heavy atom. The number of nitrogens with zero attached hydrogens (tertiary/aromatic N) is 2. The van der Waals surface area contributed by atoms with Gasteiger partial charge < -0.3 is 9.47 Å².